The van der Waals surface area contributed by atoms with Crippen LogP contribution in [-0.4, -0.2) is 49.3 Å². The molecule has 156 valence electrons. The van der Waals surface area contributed by atoms with E-state index in [1.54, 1.807) is 16.7 Å². The number of rotatable bonds is 6. The van der Waals surface area contributed by atoms with Gasteiger partial charge < -0.3 is 15.0 Å². The Balaban J connectivity index is 1.45. The highest BCUT2D eigenvalue weighted by molar-refractivity contribution is 7.98. The van der Waals surface area contributed by atoms with Gasteiger partial charge in [0.05, 0.1) is 5.92 Å². The predicted octanol–water partition coefficient (Wildman–Crippen LogP) is 2.07. The van der Waals surface area contributed by atoms with Crippen molar-refractivity contribution in [2.75, 3.05) is 24.3 Å². The lowest BCUT2D eigenvalue weighted by Gasteiger charge is -2.17. The van der Waals surface area contributed by atoms with Crippen LogP contribution in [0.1, 0.15) is 32.1 Å². The van der Waals surface area contributed by atoms with Crippen LogP contribution >= 0.6 is 11.8 Å². The maximum Gasteiger partial charge on any atom is 0.321 e. The van der Waals surface area contributed by atoms with Crippen molar-refractivity contribution in [1.29, 1.82) is 0 Å². The van der Waals surface area contributed by atoms with Gasteiger partial charge in [-0.3, -0.25) is 19.7 Å². The molecule has 0 bridgehead atoms. The summed E-state index contributed by atoms with van der Waals surface area (Å²) in [4.78, 5) is 50.8. The van der Waals surface area contributed by atoms with Gasteiger partial charge in [-0.05, 0) is 37.3 Å². The molecule has 1 atom stereocenters. The van der Waals surface area contributed by atoms with Crippen LogP contribution in [0.25, 0.3) is 0 Å². The standard InChI is InChI=1S/C20H25N3O5S/c1-29-16-8-4-7-15(10-16)23-11-13(9-18(23)25)19(26)28-12-17(24)22-20(27)21-14-5-2-3-6-14/h4,7-8,10,13-14H,2-3,5-6,9,11-12H2,1H3,(H2,21,22,24,27)/t13-/m0/s1. The average molecular weight is 420 g/mol. The average Bonchev–Trinajstić information content (AvgIpc) is 3.35. The van der Waals surface area contributed by atoms with Crippen molar-refractivity contribution in [3.8, 4) is 0 Å². The normalized spacial score (nSPS) is 19.3. The molecule has 1 aliphatic heterocycles. The summed E-state index contributed by atoms with van der Waals surface area (Å²) in [6.45, 7) is -0.344. The lowest BCUT2D eigenvalue weighted by Crippen LogP contribution is -2.45. The maximum absolute atomic E-state index is 12.3. The molecule has 4 amide bonds. The number of amides is 4. The van der Waals surface area contributed by atoms with Gasteiger partial charge in [-0.2, -0.15) is 0 Å². The van der Waals surface area contributed by atoms with E-state index in [9.17, 15) is 19.2 Å². The summed E-state index contributed by atoms with van der Waals surface area (Å²) in [5.74, 6) is -2.11. The highest BCUT2D eigenvalue weighted by atomic mass is 32.2. The zero-order chi connectivity index (χ0) is 20.8. The Hall–Kier alpha value is -2.55. The number of nitrogens with one attached hydrogen (secondary N) is 2. The number of esters is 1. The van der Waals surface area contributed by atoms with Gasteiger partial charge in [-0.15, -0.1) is 11.8 Å². The SMILES string of the molecule is CSc1cccc(N2C[C@@H](C(=O)OCC(=O)NC(=O)NC3CCCC3)CC2=O)c1. The van der Waals surface area contributed by atoms with E-state index < -0.39 is 30.4 Å². The number of anilines is 1. The molecule has 0 spiro atoms. The zero-order valence-corrected chi connectivity index (χ0v) is 17.1. The van der Waals surface area contributed by atoms with Gasteiger partial charge in [0.15, 0.2) is 6.61 Å². The van der Waals surface area contributed by atoms with Gasteiger partial charge in [0.25, 0.3) is 5.91 Å². The molecule has 1 aromatic carbocycles. The number of benzene rings is 1. The van der Waals surface area contributed by atoms with Crippen molar-refractivity contribution in [1.82, 2.24) is 10.6 Å². The van der Waals surface area contributed by atoms with Gasteiger partial charge in [0.2, 0.25) is 5.91 Å². The third-order valence-electron chi connectivity index (χ3n) is 5.11. The van der Waals surface area contributed by atoms with E-state index in [1.165, 1.54) is 0 Å². The first kappa shape index (κ1) is 21.2. The topological polar surface area (TPSA) is 105 Å². The highest BCUT2D eigenvalue weighted by Gasteiger charge is 2.36. The second-order valence-electron chi connectivity index (χ2n) is 7.22. The van der Waals surface area contributed by atoms with Gasteiger partial charge >= 0.3 is 12.0 Å². The Labute approximate surface area is 173 Å². The Morgan fingerprint density at radius 1 is 1.24 bits per heavy atom. The van der Waals surface area contributed by atoms with Crippen molar-refractivity contribution >= 4 is 41.3 Å². The van der Waals surface area contributed by atoms with E-state index in [1.807, 2.05) is 30.5 Å². The van der Waals surface area contributed by atoms with Crippen LogP contribution in [0, 0.1) is 5.92 Å². The zero-order valence-electron chi connectivity index (χ0n) is 16.3. The molecule has 8 nitrogen and oxygen atoms in total. The highest BCUT2D eigenvalue weighted by Crippen LogP contribution is 2.28. The molecule has 29 heavy (non-hydrogen) atoms. The number of carbonyl (C=O) groups excluding carboxylic acids is 4. The number of thioether (sulfide) groups is 1. The molecule has 1 saturated carbocycles. The first-order valence-corrected chi connectivity index (χ1v) is 10.9. The van der Waals surface area contributed by atoms with E-state index >= 15 is 0 Å². The third-order valence-corrected chi connectivity index (χ3v) is 5.84. The Kier molecular flexibility index (Phi) is 7.13. The van der Waals surface area contributed by atoms with Gasteiger partial charge in [-0.25, -0.2) is 4.79 Å². The molecular formula is C20H25N3O5S. The lowest BCUT2D eigenvalue weighted by molar-refractivity contribution is -0.152. The van der Waals surface area contributed by atoms with Crippen LogP contribution < -0.4 is 15.5 Å². The van der Waals surface area contributed by atoms with Crippen molar-refractivity contribution in [3.05, 3.63) is 24.3 Å². The third kappa shape index (κ3) is 5.72. The summed E-state index contributed by atoms with van der Waals surface area (Å²) in [5, 5.41) is 4.89. The molecule has 1 heterocycles. The van der Waals surface area contributed by atoms with Crippen LogP contribution in [0.5, 0.6) is 0 Å². The van der Waals surface area contributed by atoms with Crippen molar-refractivity contribution in [2.24, 2.45) is 5.92 Å². The van der Waals surface area contributed by atoms with E-state index in [0.717, 1.165) is 36.3 Å². The fraction of sp³-hybridized carbons (Fsp3) is 0.500. The Morgan fingerprint density at radius 3 is 2.72 bits per heavy atom. The lowest BCUT2D eigenvalue weighted by atomic mass is 10.1. The number of hydrogen-bond acceptors (Lipinski definition) is 6. The van der Waals surface area contributed by atoms with Gasteiger partial charge in [-0.1, -0.05) is 18.9 Å². The van der Waals surface area contributed by atoms with Gasteiger partial charge in [0, 0.05) is 29.6 Å². The minimum absolute atomic E-state index is 0.0338. The molecule has 2 fully saturated rings. The van der Waals surface area contributed by atoms with E-state index in [-0.39, 0.29) is 24.9 Å². The van der Waals surface area contributed by atoms with Crippen LogP contribution in [0.4, 0.5) is 10.5 Å². The smallest absolute Gasteiger partial charge is 0.321 e. The molecule has 2 aliphatic rings. The summed E-state index contributed by atoms with van der Waals surface area (Å²) in [6, 6.07) is 7.04. The monoisotopic (exact) mass is 419 g/mol. The second-order valence-corrected chi connectivity index (χ2v) is 8.10. The number of carbonyl (C=O) groups is 4. The summed E-state index contributed by atoms with van der Waals surface area (Å²) in [7, 11) is 0. The van der Waals surface area contributed by atoms with Crippen LogP contribution in [0.3, 0.4) is 0 Å². The summed E-state index contributed by atoms with van der Waals surface area (Å²) >= 11 is 1.57. The molecule has 3 rings (SSSR count). The Morgan fingerprint density at radius 2 is 2.00 bits per heavy atom. The molecular weight excluding hydrogens is 394 g/mol. The molecule has 1 saturated heterocycles. The fourth-order valence-corrected chi connectivity index (χ4v) is 4.06. The first-order chi connectivity index (χ1) is 14.0. The number of ether oxygens (including phenoxy) is 1. The molecule has 1 aromatic rings. The van der Waals surface area contributed by atoms with Crippen molar-refractivity contribution < 1.29 is 23.9 Å². The minimum atomic E-state index is -0.692. The van der Waals surface area contributed by atoms with Crippen LogP contribution in [0.2, 0.25) is 0 Å². The predicted molar refractivity (Wildman–Crippen MR) is 109 cm³/mol. The quantitative estimate of drug-likeness (QED) is 0.540. The van der Waals surface area contributed by atoms with Crippen LogP contribution in [0.15, 0.2) is 29.2 Å². The maximum atomic E-state index is 12.3. The first-order valence-electron chi connectivity index (χ1n) is 9.67. The second kappa shape index (κ2) is 9.78. The van der Waals surface area contributed by atoms with Crippen LogP contribution in [-0.2, 0) is 19.1 Å². The Bertz CT molecular complexity index is 794. The van der Waals surface area contributed by atoms with Crippen molar-refractivity contribution in [3.63, 3.8) is 0 Å². The number of hydrogen-bond donors (Lipinski definition) is 2. The molecule has 0 unspecified atom stereocenters. The molecule has 0 radical (unpaired) electrons. The van der Waals surface area contributed by atoms with E-state index in [2.05, 4.69) is 10.6 Å². The number of imide groups is 1. The van der Waals surface area contributed by atoms with E-state index in [0.29, 0.717) is 0 Å². The minimum Gasteiger partial charge on any atom is -0.455 e. The summed E-state index contributed by atoms with van der Waals surface area (Å²) in [6.07, 6.45) is 5.92. The van der Waals surface area contributed by atoms with Gasteiger partial charge in [0.1, 0.15) is 0 Å². The van der Waals surface area contributed by atoms with Crippen molar-refractivity contribution in [2.45, 2.75) is 43.0 Å². The fourth-order valence-electron chi connectivity index (χ4n) is 3.60. The summed E-state index contributed by atoms with van der Waals surface area (Å²) in [5.41, 5.74) is 0.735. The molecule has 2 N–H and O–H groups in total. The van der Waals surface area contributed by atoms with E-state index in [4.69, 9.17) is 4.74 Å². The summed E-state index contributed by atoms with van der Waals surface area (Å²) < 4.78 is 5.02. The largest absolute Gasteiger partial charge is 0.455 e. The number of urea groups is 1. The molecule has 0 aromatic heterocycles. The number of nitrogens with zero attached hydrogens (tertiary/aromatic N) is 1. The molecule has 9 heteroatoms. The molecule has 1 aliphatic carbocycles.